The molecule has 98 valence electrons. The topological polar surface area (TPSA) is 34.1 Å². The van der Waals surface area contributed by atoms with Crippen LogP contribution in [0.5, 0.6) is 0 Å². The molecule has 18 heavy (non-hydrogen) atoms. The van der Waals surface area contributed by atoms with E-state index in [0.29, 0.717) is 10.9 Å². The van der Waals surface area contributed by atoms with Gasteiger partial charge < -0.3 is 0 Å². The van der Waals surface area contributed by atoms with Gasteiger partial charge in [-0.05, 0) is 29.2 Å². The molecule has 1 aromatic carbocycles. The van der Waals surface area contributed by atoms with Gasteiger partial charge in [0.05, 0.1) is 0 Å². The van der Waals surface area contributed by atoms with Crippen LogP contribution < -0.4 is 0 Å². The van der Waals surface area contributed by atoms with Gasteiger partial charge in [-0.3, -0.25) is 0 Å². The van der Waals surface area contributed by atoms with Crippen LogP contribution in [0.3, 0.4) is 0 Å². The van der Waals surface area contributed by atoms with E-state index >= 15 is 0 Å². The van der Waals surface area contributed by atoms with Gasteiger partial charge in [-0.2, -0.15) is 0 Å². The molecule has 0 aliphatic rings. The number of benzene rings is 1. The molecule has 1 heterocycles. The lowest BCUT2D eigenvalue weighted by atomic mass is 9.87. The van der Waals surface area contributed by atoms with Crippen LogP contribution in [0.25, 0.3) is 10.1 Å². The maximum atomic E-state index is 13.3. The predicted octanol–water partition coefficient (Wildman–Crippen LogP) is 4.27. The van der Waals surface area contributed by atoms with Crippen molar-refractivity contribution in [1.29, 1.82) is 0 Å². The second-order valence-electron chi connectivity index (χ2n) is 5.09. The maximum Gasteiger partial charge on any atom is 0.271 e. The lowest BCUT2D eigenvalue weighted by molar-refractivity contribution is 0.576. The molecule has 2 nitrogen and oxygen atoms in total. The van der Waals surface area contributed by atoms with Crippen molar-refractivity contribution in [3.63, 3.8) is 0 Å². The summed E-state index contributed by atoms with van der Waals surface area (Å²) in [5.74, 6) is -0.385. The summed E-state index contributed by atoms with van der Waals surface area (Å²) in [5, 5.41) is 0.617. The fourth-order valence-corrected chi connectivity index (χ4v) is 4.90. The van der Waals surface area contributed by atoms with Crippen molar-refractivity contribution in [3.8, 4) is 0 Å². The lowest BCUT2D eigenvalue weighted by Gasteiger charge is -2.19. The van der Waals surface area contributed by atoms with Crippen molar-refractivity contribution in [3.05, 3.63) is 29.6 Å². The van der Waals surface area contributed by atoms with Crippen LogP contribution in [-0.4, -0.2) is 8.42 Å². The van der Waals surface area contributed by atoms with Gasteiger partial charge in [0.15, 0.2) is 0 Å². The van der Waals surface area contributed by atoms with Gasteiger partial charge in [0.2, 0.25) is 0 Å². The van der Waals surface area contributed by atoms with Gasteiger partial charge >= 0.3 is 0 Å². The first kappa shape index (κ1) is 13.8. The van der Waals surface area contributed by atoms with Crippen molar-refractivity contribution in [2.45, 2.75) is 30.4 Å². The van der Waals surface area contributed by atoms with Gasteiger partial charge in [0.25, 0.3) is 9.05 Å². The summed E-state index contributed by atoms with van der Waals surface area (Å²) < 4.78 is 37.4. The molecule has 0 aliphatic carbocycles. The van der Waals surface area contributed by atoms with Crippen molar-refractivity contribution in [2.75, 3.05) is 0 Å². The minimum Gasteiger partial charge on any atom is -0.207 e. The molecule has 2 aromatic rings. The zero-order valence-electron chi connectivity index (χ0n) is 10.1. The fourth-order valence-electron chi connectivity index (χ4n) is 1.93. The molecular weight excluding hydrogens is 295 g/mol. The van der Waals surface area contributed by atoms with Gasteiger partial charge in [-0.15, -0.1) is 11.3 Å². The number of hydrogen-bond donors (Lipinski definition) is 0. The molecule has 1 aromatic heterocycles. The quantitative estimate of drug-likeness (QED) is 0.738. The van der Waals surface area contributed by atoms with Crippen molar-refractivity contribution >= 4 is 41.2 Å². The standard InChI is InChI=1S/C12H12ClFO2S2/c1-12(2,3)10-8-6-7(14)4-5-9(8)17-11(10)18(13,15)16/h4-6H,1-3H3. The number of thiophene rings is 1. The Labute approximate surface area is 114 Å². The largest absolute Gasteiger partial charge is 0.271 e. The van der Waals surface area contributed by atoms with Crippen molar-refractivity contribution in [1.82, 2.24) is 0 Å². The van der Waals surface area contributed by atoms with Crippen LogP contribution in [0.2, 0.25) is 0 Å². The monoisotopic (exact) mass is 306 g/mol. The Kier molecular flexibility index (Phi) is 3.20. The Morgan fingerprint density at radius 2 is 1.89 bits per heavy atom. The number of hydrogen-bond acceptors (Lipinski definition) is 3. The number of fused-ring (bicyclic) bond motifs is 1. The van der Waals surface area contributed by atoms with E-state index in [1.807, 2.05) is 20.8 Å². The molecule has 0 bridgehead atoms. The molecule has 0 spiro atoms. The lowest BCUT2D eigenvalue weighted by Crippen LogP contribution is -2.13. The van der Waals surface area contributed by atoms with Gasteiger partial charge in [-0.25, -0.2) is 12.8 Å². The van der Waals surface area contributed by atoms with E-state index < -0.39 is 14.5 Å². The Bertz CT molecular complexity index is 711. The van der Waals surface area contributed by atoms with E-state index in [0.717, 1.165) is 16.0 Å². The van der Waals surface area contributed by atoms with Crippen molar-refractivity contribution in [2.24, 2.45) is 0 Å². The normalized spacial score (nSPS) is 13.2. The molecule has 0 saturated heterocycles. The summed E-state index contributed by atoms with van der Waals surface area (Å²) >= 11 is 1.08. The molecule has 0 saturated carbocycles. The molecule has 0 amide bonds. The van der Waals surface area contributed by atoms with E-state index in [1.165, 1.54) is 12.1 Å². The SMILES string of the molecule is CC(C)(C)c1c(S(=O)(=O)Cl)sc2ccc(F)cc12. The van der Waals surface area contributed by atoms with Crippen molar-refractivity contribution < 1.29 is 12.8 Å². The Morgan fingerprint density at radius 1 is 1.28 bits per heavy atom. The summed E-state index contributed by atoms with van der Waals surface area (Å²) in [6, 6.07) is 4.25. The highest BCUT2D eigenvalue weighted by Crippen LogP contribution is 2.42. The second-order valence-corrected chi connectivity index (χ2v) is 8.91. The third-order valence-corrected chi connectivity index (χ3v) is 5.85. The van der Waals surface area contributed by atoms with Crippen LogP contribution >= 0.6 is 22.0 Å². The highest BCUT2D eigenvalue weighted by atomic mass is 35.7. The Morgan fingerprint density at radius 3 is 2.39 bits per heavy atom. The molecule has 0 fully saturated rings. The van der Waals surface area contributed by atoms with E-state index in [9.17, 15) is 12.8 Å². The summed E-state index contributed by atoms with van der Waals surface area (Å²) in [7, 11) is 1.65. The molecule has 0 unspecified atom stereocenters. The molecule has 0 radical (unpaired) electrons. The summed E-state index contributed by atoms with van der Waals surface area (Å²) in [4.78, 5) is 0. The predicted molar refractivity (Wildman–Crippen MR) is 73.5 cm³/mol. The zero-order chi connectivity index (χ0) is 13.7. The minimum absolute atomic E-state index is 0.109. The highest BCUT2D eigenvalue weighted by Gasteiger charge is 2.29. The fraction of sp³-hybridized carbons (Fsp3) is 0.333. The zero-order valence-corrected chi connectivity index (χ0v) is 12.5. The second kappa shape index (κ2) is 4.18. The summed E-state index contributed by atoms with van der Waals surface area (Å²) in [6.07, 6.45) is 0. The minimum atomic E-state index is -3.82. The van der Waals surface area contributed by atoms with Crippen LogP contribution in [0, 0.1) is 5.82 Å². The summed E-state index contributed by atoms with van der Waals surface area (Å²) in [6.45, 7) is 5.64. The Balaban J connectivity index is 2.96. The van der Waals surface area contributed by atoms with Gasteiger partial charge in [0, 0.05) is 20.8 Å². The average molecular weight is 307 g/mol. The first-order valence-corrected chi connectivity index (χ1v) is 8.40. The third-order valence-electron chi connectivity index (χ3n) is 2.59. The van der Waals surface area contributed by atoms with Crippen LogP contribution in [0.1, 0.15) is 26.3 Å². The van der Waals surface area contributed by atoms with Gasteiger partial charge in [0.1, 0.15) is 10.0 Å². The van der Waals surface area contributed by atoms with E-state index in [4.69, 9.17) is 10.7 Å². The first-order valence-electron chi connectivity index (χ1n) is 5.28. The van der Waals surface area contributed by atoms with E-state index in [-0.39, 0.29) is 10.0 Å². The number of rotatable bonds is 1. The van der Waals surface area contributed by atoms with Crippen LogP contribution in [0.15, 0.2) is 22.4 Å². The maximum absolute atomic E-state index is 13.3. The Hall–Kier alpha value is -0.650. The van der Waals surface area contributed by atoms with Crippen LogP contribution in [0.4, 0.5) is 4.39 Å². The smallest absolute Gasteiger partial charge is 0.207 e. The van der Waals surface area contributed by atoms with Gasteiger partial charge in [-0.1, -0.05) is 20.8 Å². The third kappa shape index (κ3) is 2.39. The van der Waals surface area contributed by atoms with E-state index in [2.05, 4.69) is 0 Å². The van der Waals surface area contributed by atoms with Crippen LogP contribution in [-0.2, 0) is 14.5 Å². The summed E-state index contributed by atoms with van der Waals surface area (Å²) in [5.41, 5.74) is 0.153. The number of halogens is 2. The average Bonchev–Trinajstić information content (AvgIpc) is 2.54. The molecule has 0 aliphatic heterocycles. The molecule has 0 atom stereocenters. The molecule has 2 rings (SSSR count). The molecule has 6 heteroatoms. The first-order chi connectivity index (χ1) is 8.10. The molecular formula is C12H12ClFO2S2. The molecule has 0 N–H and O–H groups in total. The van der Waals surface area contributed by atoms with E-state index in [1.54, 1.807) is 6.07 Å². The highest BCUT2D eigenvalue weighted by molar-refractivity contribution is 8.15.